The molecule has 9 heteroatoms. The Kier molecular flexibility index (Phi) is 5.28. The number of nitrogen functional groups attached to an aromatic ring is 1. The number of carbonyl (C=O) groups excluding carboxylic acids is 1. The SMILES string of the molecule is Cn1c(-c2nc(N)ncc2Cl)cnc1C1CCN(C(=O)OC(C)(C)C)CC1. The Balaban J connectivity index is 1.72. The van der Waals surface area contributed by atoms with Crippen molar-refractivity contribution in [2.24, 2.45) is 7.05 Å². The highest BCUT2D eigenvalue weighted by Gasteiger charge is 2.29. The van der Waals surface area contributed by atoms with Crippen LogP contribution in [-0.4, -0.2) is 49.2 Å². The van der Waals surface area contributed by atoms with Gasteiger partial charge in [0.05, 0.1) is 23.1 Å². The lowest BCUT2D eigenvalue weighted by Crippen LogP contribution is -2.41. The van der Waals surface area contributed by atoms with Crippen molar-refractivity contribution in [2.45, 2.75) is 45.1 Å². The summed E-state index contributed by atoms with van der Waals surface area (Å²) in [6, 6.07) is 0. The van der Waals surface area contributed by atoms with E-state index in [1.165, 1.54) is 6.20 Å². The van der Waals surface area contributed by atoms with Crippen molar-refractivity contribution in [3.8, 4) is 11.4 Å². The van der Waals surface area contributed by atoms with E-state index in [4.69, 9.17) is 22.1 Å². The standard InChI is InChI=1S/C18H25ClN6O2/c1-18(2,3)27-17(26)25-7-5-11(6-8-25)15-21-10-13(24(15)4)14-12(19)9-22-16(20)23-14/h9-11H,5-8H2,1-4H3,(H2,20,22,23). The molecule has 146 valence electrons. The van der Waals surface area contributed by atoms with Crippen molar-refractivity contribution in [3.63, 3.8) is 0 Å². The lowest BCUT2D eigenvalue weighted by Gasteiger charge is -2.33. The lowest BCUT2D eigenvalue weighted by molar-refractivity contribution is 0.0202. The molecule has 1 saturated heterocycles. The summed E-state index contributed by atoms with van der Waals surface area (Å²) in [5.41, 5.74) is 6.56. The van der Waals surface area contributed by atoms with Crippen LogP contribution in [0.25, 0.3) is 11.4 Å². The number of aromatic nitrogens is 4. The fourth-order valence-electron chi connectivity index (χ4n) is 3.23. The molecule has 0 atom stereocenters. The predicted octanol–water partition coefficient (Wildman–Crippen LogP) is 3.23. The van der Waals surface area contributed by atoms with Crippen molar-refractivity contribution in [3.05, 3.63) is 23.2 Å². The van der Waals surface area contributed by atoms with Gasteiger partial charge in [-0.05, 0) is 33.6 Å². The van der Waals surface area contributed by atoms with E-state index in [-0.39, 0.29) is 18.0 Å². The second-order valence-electron chi connectivity index (χ2n) is 7.73. The summed E-state index contributed by atoms with van der Waals surface area (Å²) < 4.78 is 7.44. The number of anilines is 1. The third-order valence-corrected chi connectivity index (χ3v) is 4.82. The Morgan fingerprint density at radius 2 is 1.93 bits per heavy atom. The van der Waals surface area contributed by atoms with Crippen LogP contribution in [0.2, 0.25) is 5.02 Å². The number of nitrogens with two attached hydrogens (primary N) is 1. The first kappa shape index (κ1) is 19.4. The molecule has 1 aliphatic rings. The van der Waals surface area contributed by atoms with Gasteiger partial charge in [0.1, 0.15) is 17.1 Å². The number of piperidine rings is 1. The second kappa shape index (κ2) is 7.34. The van der Waals surface area contributed by atoms with E-state index < -0.39 is 5.60 Å². The fraction of sp³-hybridized carbons (Fsp3) is 0.556. The molecule has 2 aromatic heterocycles. The molecule has 3 heterocycles. The average Bonchev–Trinajstić information content (AvgIpc) is 2.97. The van der Waals surface area contributed by atoms with Crippen molar-refractivity contribution < 1.29 is 9.53 Å². The first-order chi connectivity index (χ1) is 12.7. The monoisotopic (exact) mass is 392 g/mol. The Morgan fingerprint density at radius 1 is 1.26 bits per heavy atom. The largest absolute Gasteiger partial charge is 0.444 e. The van der Waals surface area contributed by atoms with Gasteiger partial charge in [0.25, 0.3) is 0 Å². The van der Waals surface area contributed by atoms with Gasteiger partial charge in [0.2, 0.25) is 5.95 Å². The van der Waals surface area contributed by atoms with Crippen LogP contribution in [0, 0.1) is 0 Å². The Hall–Kier alpha value is -2.35. The zero-order valence-corrected chi connectivity index (χ0v) is 16.8. The molecule has 0 saturated carbocycles. The molecule has 3 rings (SSSR count). The van der Waals surface area contributed by atoms with Gasteiger partial charge in [0, 0.05) is 26.1 Å². The van der Waals surface area contributed by atoms with E-state index in [1.54, 1.807) is 11.1 Å². The molecule has 8 nitrogen and oxygen atoms in total. The Labute approximate surface area is 163 Å². The number of ether oxygens (including phenoxy) is 1. The van der Waals surface area contributed by atoms with Crippen LogP contribution in [0.4, 0.5) is 10.7 Å². The smallest absolute Gasteiger partial charge is 0.410 e. The Morgan fingerprint density at radius 3 is 2.56 bits per heavy atom. The normalized spacial score (nSPS) is 15.8. The molecule has 0 aliphatic carbocycles. The first-order valence-corrected chi connectivity index (χ1v) is 9.31. The Bertz CT molecular complexity index is 837. The predicted molar refractivity (Wildman–Crippen MR) is 103 cm³/mol. The molecular formula is C18H25ClN6O2. The molecule has 2 aromatic rings. The van der Waals surface area contributed by atoms with E-state index in [9.17, 15) is 4.79 Å². The van der Waals surface area contributed by atoms with Gasteiger partial charge in [-0.25, -0.2) is 19.7 Å². The van der Waals surface area contributed by atoms with Crippen molar-refractivity contribution in [1.29, 1.82) is 0 Å². The van der Waals surface area contributed by atoms with E-state index >= 15 is 0 Å². The fourth-order valence-corrected chi connectivity index (χ4v) is 3.42. The molecule has 0 aromatic carbocycles. The number of rotatable bonds is 2. The molecule has 0 bridgehead atoms. The number of carbonyl (C=O) groups is 1. The van der Waals surface area contributed by atoms with Crippen molar-refractivity contribution >= 4 is 23.6 Å². The van der Waals surface area contributed by atoms with Gasteiger partial charge in [-0.1, -0.05) is 11.6 Å². The summed E-state index contributed by atoms with van der Waals surface area (Å²) >= 11 is 6.22. The van der Waals surface area contributed by atoms with Gasteiger partial charge >= 0.3 is 6.09 Å². The lowest BCUT2D eigenvalue weighted by atomic mass is 9.96. The van der Waals surface area contributed by atoms with Gasteiger partial charge in [-0.3, -0.25) is 0 Å². The minimum atomic E-state index is -0.485. The van der Waals surface area contributed by atoms with Crippen molar-refractivity contribution in [2.75, 3.05) is 18.8 Å². The zero-order chi connectivity index (χ0) is 19.8. The second-order valence-corrected chi connectivity index (χ2v) is 8.13. The number of hydrogen-bond donors (Lipinski definition) is 1. The number of amides is 1. The molecule has 1 fully saturated rings. The number of nitrogens with zero attached hydrogens (tertiary/aromatic N) is 5. The average molecular weight is 393 g/mol. The van der Waals surface area contributed by atoms with E-state index in [0.717, 1.165) is 24.4 Å². The van der Waals surface area contributed by atoms with Crippen LogP contribution < -0.4 is 5.73 Å². The maximum atomic E-state index is 12.2. The third-order valence-electron chi connectivity index (χ3n) is 4.54. The number of hydrogen-bond acceptors (Lipinski definition) is 6. The molecule has 1 aliphatic heterocycles. The van der Waals surface area contributed by atoms with Gasteiger partial charge in [-0.2, -0.15) is 0 Å². The highest BCUT2D eigenvalue weighted by atomic mass is 35.5. The number of halogens is 1. The summed E-state index contributed by atoms with van der Waals surface area (Å²) in [5, 5.41) is 0.429. The molecule has 0 radical (unpaired) electrons. The van der Waals surface area contributed by atoms with Crippen LogP contribution >= 0.6 is 11.6 Å². The maximum absolute atomic E-state index is 12.2. The van der Waals surface area contributed by atoms with Crippen LogP contribution in [0.1, 0.15) is 45.4 Å². The molecule has 27 heavy (non-hydrogen) atoms. The molecule has 0 spiro atoms. The minimum absolute atomic E-state index is 0.169. The highest BCUT2D eigenvalue weighted by Crippen LogP contribution is 2.32. The zero-order valence-electron chi connectivity index (χ0n) is 16.1. The van der Waals surface area contributed by atoms with E-state index in [2.05, 4.69) is 15.0 Å². The maximum Gasteiger partial charge on any atom is 0.410 e. The first-order valence-electron chi connectivity index (χ1n) is 8.93. The summed E-state index contributed by atoms with van der Waals surface area (Å²) in [4.78, 5) is 26.7. The van der Waals surface area contributed by atoms with Crippen LogP contribution in [-0.2, 0) is 11.8 Å². The third kappa shape index (κ3) is 4.32. The topological polar surface area (TPSA) is 99.2 Å². The summed E-state index contributed by atoms with van der Waals surface area (Å²) in [6.45, 7) is 6.90. The molecule has 1 amide bonds. The van der Waals surface area contributed by atoms with Crippen LogP contribution in [0.3, 0.4) is 0 Å². The summed E-state index contributed by atoms with van der Waals surface area (Å²) in [6.07, 6.45) is 4.63. The van der Waals surface area contributed by atoms with E-state index in [1.807, 2.05) is 32.4 Å². The van der Waals surface area contributed by atoms with Gasteiger partial charge in [0.15, 0.2) is 0 Å². The van der Waals surface area contributed by atoms with Gasteiger partial charge in [-0.15, -0.1) is 0 Å². The molecule has 2 N–H and O–H groups in total. The van der Waals surface area contributed by atoms with Crippen LogP contribution in [0.5, 0.6) is 0 Å². The summed E-state index contributed by atoms with van der Waals surface area (Å²) in [5.74, 6) is 1.37. The van der Waals surface area contributed by atoms with E-state index in [0.29, 0.717) is 23.8 Å². The quantitative estimate of drug-likeness (QED) is 0.842. The molecule has 0 unspecified atom stereocenters. The highest BCUT2D eigenvalue weighted by molar-refractivity contribution is 6.32. The number of likely N-dealkylation sites (tertiary alicyclic amines) is 1. The van der Waals surface area contributed by atoms with Crippen LogP contribution in [0.15, 0.2) is 12.4 Å². The molecular weight excluding hydrogens is 368 g/mol. The summed E-state index contributed by atoms with van der Waals surface area (Å²) in [7, 11) is 1.94. The van der Waals surface area contributed by atoms with Crippen molar-refractivity contribution in [1.82, 2.24) is 24.4 Å². The number of imidazole rings is 1. The van der Waals surface area contributed by atoms with Gasteiger partial charge < -0.3 is 19.9 Å². The minimum Gasteiger partial charge on any atom is -0.444 e.